The van der Waals surface area contributed by atoms with E-state index in [1.54, 1.807) is 62.8 Å². The van der Waals surface area contributed by atoms with Gasteiger partial charge in [0.15, 0.2) is 0 Å². The molecule has 0 spiro atoms. The van der Waals surface area contributed by atoms with Gasteiger partial charge in [-0.25, -0.2) is 27.5 Å². The highest BCUT2D eigenvalue weighted by Crippen LogP contribution is 2.42. The van der Waals surface area contributed by atoms with Gasteiger partial charge in [0.1, 0.15) is 46.4 Å². The number of imidazole rings is 2. The maximum Gasteiger partial charge on any atom is 0.139 e. The van der Waals surface area contributed by atoms with E-state index < -0.39 is 0 Å². The summed E-state index contributed by atoms with van der Waals surface area (Å²) in [4.78, 5) is 17.0. The Hall–Kier alpha value is -7.72. The monoisotopic (exact) mass is 798 g/mol. The summed E-state index contributed by atoms with van der Waals surface area (Å²) in [5, 5.41) is 0. The molecule has 2 heterocycles. The van der Waals surface area contributed by atoms with Crippen molar-refractivity contribution in [1.82, 2.24) is 19.9 Å². The lowest BCUT2D eigenvalue weighted by Crippen LogP contribution is -1.92. The number of halogens is 4. The second-order valence-electron chi connectivity index (χ2n) is 14.0. The zero-order valence-corrected chi connectivity index (χ0v) is 32.2. The molecule has 0 radical (unpaired) electrons. The molecular formula is C50H34F4N4O2. The summed E-state index contributed by atoms with van der Waals surface area (Å²) in [6.45, 7) is 0. The molecule has 0 aliphatic carbocycles. The largest absolute Gasteiger partial charge is 0.497 e. The number of aromatic amines is 2. The van der Waals surface area contributed by atoms with Crippen LogP contribution < -0.4 is 9.47 Å². The van der Waals surface area contributed by atoms with E-state index in [1.807, 2.05) is 60.7 Å². The van der Waals surface area contributed by atoms with E-state index in [4.69, 9.17) is 19.4 Å². The quantitative estimate of drug-likeness (QED) is 0.135. The lowest BCUT2D eigenvalue weighted by Gasteiger charge is -2.13. The second-order valence-corrected chi connectivity index (χ2v) is 14.0. The van der Waals surface area contributed by atoms with Crippen molar-refractivity contribution in [3.8, 4) is 102 Å². The van der Waals surface area contributed by atoms with Gasteiger partial charge >= 0.3 is 0 Å². The van der Waals surface area contributed by atoms with Crippen molar-refractivity contribution in [2.24, 2.45) is 0 Å². The summed E-state index contributed by atoms with van der Waals surface area (Å²) < 4.78 is 67.3. The van der Waals surface area contributed by atoms with Crippen molar-refractivity contribution in [2.45, 2.75) is 0 Å². The first-order valence-corrected chi connectivity index (χ1v) is 19.0. The van der Waals surface area contributed by atoms with Crippen LogP contribution in [-0.2, 0) is 0 Å². The highest BCUT2D eigenvalue weighted by molar-refractivity contribution is 5.90. The smallest absolute Gasteiger partial charge is 0.139 e. The Kier molecular flexibility index (Phi) is 10.0. The molecular weight excluding hydrogens is 765 g/mol. The summed E-state index contributed by atoms with van der Waals surface area (Å²) in [5.74, 6) is 0.848. The first kappa shape index (κ1) is 37.8. The molecule has 0 amide bonds. The van der Waals surface area contributed by atoms with Crippen molar-refractivity contribution < 1.29 is 27.0 Å². The summed E-state index contributed by atoms with van der Waals surface area (Å²) in [7, 11) is 3.20. The summed E-state index contributed by atoms with van der Waals surface area (Å²) >= 11 is 0. The van der Waals surface area contributed by atoms with Crippen molar-refractivity contribution >= 4 is 0 Å². The van der Waals surface area contributed by atoms with E-state index in [-0.39, 0.29) is 23.3 Å². The van der Waals surface area contributed by atoms with Crippen LogP contribution in [0, 0.1) is 23.3 Å². The minimum Gasteiger partial charge on any atom is -0.497 e. The zero-order valence-electron chi connectivity index (χ0n) is 32.2. The van der Waals surface area contributed by atoms with Crippen LogP contribution in [0.2, 0.25) is 0 Å². The number of H-pyrrole nitrogens is 2. The van der Waals surface area contributed by atoms with E-state index in [2.05, 4.69) is 9.97 Å². The predicted octanol–water partition coefficient (Wildman–Crippen LogP) is 13.0. The van der Waals surface area contributed by atoms with Crippen molar-refractivity contribution in [3.05, 3.63) is 181 Å². The fraction of sp³-hybridized carbons (Fsp3) is 0.0400. The molecule has 9 aromatic rings. The van der Waals surface area contributed by atoms with Crippen LogP contribution in [0.15, 0.2) is 158 Å². The van der Waals surface area contributed by atoms with Gasteiger partial charge in [0, 0.05) is 33.4 Å². The predicted molar refractivity (Wildman–Crippen MR) is 227 cm³/mol. The third-order valence-electron chi connectivity index (χ3n) is 10.4. The number of nitrogens with one attached hydrogen (secondary N) is 2. The van der Waals surface area contributed by atoms with E-state index in [0.29, 0.717) is 68.2 Å². The average Bonchev–Trinajstić information content (AvgIpc) is 3.93. The van der Waals surface area contributed by atoms with E-state index in [1.165, 1.54) is 48.5 Å². The van der Waals surface area contributed by atoms with Crippen molar-refractivity contribution in [3.63, 3.8) is 0 Å². The molecule has 2 aromatic heterocycles. The van der Waals surface area contributed by atoms with E-state index in [9.17, 15) is 17.6 Å². The topological polar surface area (TPSA) is 75.8 Å². The first-order valence-electron chi connectivity index (χ1n) is 19.0. The van der Waals surface area contributed by atoms with Gasteiger partial charge < -0.3 is 19.4 Å². The molecule has 10 heteroatoms. The first-order chi connectivity index (χ1) is 29.2. The fourth-order valence-electron chi connectivity index (χ4n) is 7.31. The second kappa shape index (κ2) is 15.9. The summed E-state index contributed by atoms with van der Waals surface area (Å²) in [6.07, 6.45) is 0. The number of hydrogen-bond donors (Lipinski definition) is 2. The van der Waals surface area contributed by atoms with Gasteiger partial charge in [-0.05, 0) is 156 Å². The number of hydrogen-bond acceptors (Lipinski definition) is 4. The van der Waals surface area contributed by atoms with Gasteiger partial charge in [0.25, 0.3) is 0 Å². The maximum absolute atomic E-state index is 14.0. The Morgan fingerprint density at radius 2 is 0.650 bits per heavy atom. The molecule has 0 aliphatic rings. The number of aromatic nitrogens is 4. The van der Waals surface area contributed by atoms with Gasteiger partial charge in [-0.15, -0.1) is 0 Å². The number of nitrogens with zero attached hydrogens (tertiary/aromatic N) is 2. The molecule has 0 saturated carbocycles. The van der Waals surface area contributed by atoms with Crippen LogP contribution in [0.1, 0.15) is 0 Å². The molecule has 0 atom stereocenters. The number of benzene rings is 7. The van der Waals surface area contributed by atoms with Gasteiger partial charge in [0.05, 0.1) is 37.0 Å². The standard InChI is InChI=1S/C50H34F4N4O2/c1-59-39-23-25-41(43(27-39)49-55-45(31-7-15-35(51)16-8-31)46(56-49)32-9-17-36(52)18-10-32)29-3-5-30(6-4-29)42-26-24-40(60-2)28-44(42)50-57-47(33-11-19-37(53)20-12-33)48(58-50)34-13-21-38(54)22-14-34/h3-28H,1-2H3,(H,55,56)(H,57,58). The van der Waals surface area contributed by atoms with Gasteiger partial charge in [-0.1, -0.05) is 24.3 Å². The van der Waals surface area contributed by atoms with Crippen molar-refractivity contribution in [2.75, 3.05) is 14.2 Å². The molecule has 0 bridgehead atoms. The van der Waals surface area contributed by atoms with E-state index >= 15 is 0 Å². The molecule has 0 fully saturated rings. The highest BCUT2D eigenvalue weighted by Gasteiger charge is 2.21. The third-order valence-corrected chi connectivity index (χ3v) is 10.4. The Bertz CT molecular complexity index is 2630. The molecule has 7 aromatic carbocycles. The van der Waals surface area contributed by atoms with Crippen LogP contribution in [0.25, 0.3) is 90.1 Å². The Labute approximate surface area is 342 Å². The average molecular weight is 799 g/mol. The number of rotatable bonds is 10. The van der Waals surface area contributed by atoms with Crippen LogP contribution in [0.4, 0.5) is 17.6 Å². The molecule has 294 valence electrons. The van der Waals surface area contributed by atoms with E-state index in [0.717, 1.165) is 33.4 Å². The molecule has 6 nitrogen and oxygen atoms in total. The normalized spacial score (nSPS) is 11.2. The zero-order chi connectivity index (χ0) is 41.3. The van der Waals surface area contributed by atoms with Crippen LogP contribution in [-0.4, -0.2) is 34.2 Å². The fourth-order valence-corrected chi connectivity index (χ4v) is 7.31. The molecule has 0 saturated heterocycles. The molecule has 2 N–H and O–H groups in total. The Balaban J connectivity index is 1.14. The summed E-state index contributed by atoms with van der Waals surface area (Å²) in [6, 6.07) is 44.0. The Morgan fingerprint density at radius 1 is 0.350 bits per heavy atom. The van der Waals surface area contributed by atoms with Crippen molar-refractivity contribution in [1.29, 1.82) is 0 Å². The molecule has 9 rings (SSSR count). The third kappa shape index (κ3) is 7.42. The minimum atomic E-state index is -0.369. The van der Waals surface area contributed by atoms with Gasteiger partial charge in [-0.3, -0.25) is 0 Å². The molecule has 0 aliphatic heterocycles. The van der Waals surface area contributed by atoms with Gasteiger partial charge in [0.2, 0.25) is 0 Å². The molecule has 0 unspecified atom stereocenters. The maximum atomic E-state index is 14.0. The lowest BCUT2D eigenvalue weighted by molar-refractivity contribution is 0.415. The highest BCUT2D eigenvalue weighted by atomic mass is 19.1. The van der Waals surface area contributed by atoms with Gasteiger partial charge in [-0.2, -0.15) is 0 Å². The van der Waals surface area contributed by atoms with Crippen LogP contribution >= 0.6 is 0 Å². The minimum absolute atomic E-state index is 0.365. The Morgan fingerprint density at radius 3 is 0.967 bits per heavy atom. The molecule has 60 heavy (non-hydrogen) atoms. The number of ether oxygens (including phenoxy) is 2. The van der Waals surface area contributed by atoms with Crippen LogP contribution in [0.3, 0.4) is 0 Å². The SMILES string of the molecule is COc1ccc(-c2ccc(-c3ccc(OC)cc3-c3nc(-c4ccc(F)cc4)c(-c4ccc(F)cc4)[nH]3)cc2)c(-c2nc(-c3ccc(F)cc3)c(-c3ccc(F)cc3)[nH]2)c1. The lowest BCUT2D eigenvalue weighted by atomic mass is 9.94. The summed E-state index contributed by atoms with van der Waals surface area (Å²) in [5.41, 5.74) is 10.3. The van der Waals surface area contributed by atoms with Crippen LogP contribution in [0.5, 0.6) is 11.5 Å². The number of methoxy groups -OCH3 is 2.